The number of aliphatic imine (C=N–C) groups is 1. The molecule has 1 aromatic rings. The normalized spacial score (nSPS) is 12.0. The minimum Gasteiger partial charge on any atom is -0.405 e. The molecule has 2 N–H and O–H groups in total. The molecule has 15 heavy (non-hydrogen) atoms. The Kier molecular flexibility index (Phi) is 3.74. The highest BCUT2D eigenvalue weighted by molar-refractivity contribution is 6.12. The molecule has 0 aliphatic carbocycles. The van der Waals surface area contributed by atoms with Crippen molar-refractivity contribution in [2.45, 2.75) is 0 Å². The van der Waals surface area contributed by atoms with E-state index in [4.69, 9.17) is 5.73 Å². The molecule has 0 aromatic heterocycles. The molecule has 0 saturated heterocycles. The van der Waals surface area contributed by atoms with Crippen molar-refractivity contribution < 1.29 is 9.18 Å². The lowest BCUT2D eigenvalue weighted by atomic mass is 10.0. The van der Waals surface area contributed by atoms with Crippen molar-refractivity contribution in [3.8, 4) is 0 Å². The number of aldehydes is 1. The van der Waals surface area contributed by atoms with Crippen LogP contribution in [0.2, 0.25) is 0 Å². The zero-order valence-electron chi connectivity index (χ0n) is 8.27. The predicted octanol–water partition coefficient (Wildman–Crippen LogP) is 1.53. The van der Waals surface area contributed by atoms with Gasteiger partial charge >= 0.3 is 0 Å². The fourth-order valence-electron chi connectivity index (χ4n) is 1.23. The molecule has 1 rings (SSSR count). The number of carbonyl (C=O) groups is 1. The predicted molar refractivity (Wildman–Crippen MR) is 57.6 cm³/mol. The van der Waals surface area contributed by atoms with Gasteiger partial charge in [-0.2, -0.15) is 0 Å². The number of benzene rings is 1. The molecular weight excluding hydrogens is 195 g/mol. The molecule has 0 spiro atoms. The largest absolute Gasteiger partial charge is 0.405 e. The Morgan fingerprint density at radius 2 is 2.27 bits per heavy atom. The Balaban J connectivity index is 3.32. The summed E-state index contributed by atoms with van der Waals surface area (Å²) in [6, 6.07) is 3.89. The van der Waals surface area contributed by atoms with E-state index in [-0.39, 0.29) is 0 Å². The molecule has 0 radical (unpaired) electrons. The van der Waals surface area contributed by atoms with Gasteiger partial charge in [-0.05, 0) is 30.5 Å². The number of hydrogen-bond donors (Lipinski definition) is 1. The van der Waals surface area contributed by atoms with Gasteiger partial charge in [0.25, 0.3) is 0 Å². The number of halogens is 1. The van der Waals surface area contributed by atoms with Crippen LogP contribution in [0.1, 0.15) is 15.9 Å². The summed E-state index contributed by atoms with van der Waals surface area (Å²) in [7, 11) is 1.55. The number of nitrogens with two attached hydrogens (primary N) is 1. The van der Waals surface area contributed by atoms with E-state index in [0.29, 0.717) is 23.1 Å². The molecule has 0 unspecified atom stereocenters. The van der Waals surface area contributed by atoms with Crippen molar-refractivity contribution in [3.05, 3.63) is 47.4 Å². The molecule has 0 saturated carbocycles. The van der Waals surface area contributed by atoms with E-state index in [1.54, 1.807) is 7.05 Å². The zero-order valence-corrected chi connectivity index (χ0v) is 8.27. The van der Waals surface area contributed by atoms with Gasteiger partial charge in [0.05, 0.1) is 5.71 Å². The van der Waals surface area contributed by atoms with Gasteiger partial charge in [0.15, 0.2) is 6.29 Å². The maximum atomic E-state index is 13.0. The Hall–Kier alpha value is -1.97. The summed E-state index contributed by atoms with van der Waals surface area (Å²) in [5, 5.41) is 0. The van der Waals surface area contributed by atoms with Gasteiger partial charge in [-0.25, -0.2) is 4.39 Å². The second kappa shape index (κ2) is 5.05. The Morgan fingerprint density at radius 3 is 2.80 bits per heavy atom. The van der Waals surface area contributed by atoms with Crippen molar-refractivity contribution in [2.24, 2.45) is 10.7 Å². The highest BCUT2D eigenvalue weighted by Crippen LogP contribution is 2.11. The molecule has 0 bridgehead atoms. The molecular formula is C11H11FN2O. The lowest BCUT2D eigenvalue weighted by molar-refractivity contribution is 0.112. The van der Waals surface area contributed by atoms with Gasteiger partial charge in [-0.1, -0.05) is 0 Å². The van der Waals surface area contributed by atoms with Crippen LogP contribution in [-0.4, -0.2) is 19.0 Å². The number of rotatable bonds is 3. The second-order valence-corrected chi connectivity index (χ2v) is 2.82. The average molecular weight is 206 g/mol. The molecule has 0 fully saturated rings. The first-order chi connectivity index (χ1) is 7.22. The van der Waals surface area contributed by atoms with Crippen LogP contribution in [0.3, 0.4) is 0 Å². The summed E-state index contributed by atoms with van der Waals surface area (Å²) in [6.45, 7) is 0. The minimum atomic E-state index is -0.415. The lowest BCUT2D eigenvalue weighted by Crippen LogP contribution is -2.03. The van der Waals surface area contributed by atoms with Crippen molar-refractivity contribution in [3.63, 3.8) is 0 Å². The summed E-state index contributed by atoms with van der Waals surface area (Å²) in [5.74, 6) is -0.415. The van der Waals surface area contributed by atoms with Crippen LogP contribution in [-0.2, 0) is 0 Å². The van der Waals surface area contributed by atoms with E-state index < -0.39 is 5.82 Å². The van der Waals surface area contributed by atoms with E-state index in [9.17, 15) is 9.18 Å². The first kappa shape index (κ1) is 11.1. The Bertz CT molecular complexity index is 425. The molecule has 1 aromatic carbocycles. The summed E-state index contributed by atoms with van der Waals surface area (Å²) in [4.78, 5) is 14.7. The van der Waals surface area contributed by atoms with E-state index in [1.165, 1.54) is 30.5 Å². The van der Waals surface area contributed by atoms with Crippen LogP contribution < -0.4 is 5.73 Å². The highest BCUT2D eigenvalue weighted by atomic mass is 19.1. The molecule has 0 aliphatic rings. The third kappa shape index (κ3) is 2.49. The third-order valence-electron chi connectivity index (χ3n) is 1.91. The summed E-state index contributed by atoms with van der Waals surface area (Å²) >= 11 is 0. The van der Waals surface area contributed by atoms with Crippen LogP contribution in [0.15, 0.2) is 35.5 Å². The van der Waals surface area contributed by atoms with Gasteiger partial charge in [-0.3, -0.25) is 9.79 Å². The molecule has 4 heteroatoms. The Morgan fingerprint density at radius 1 is 1.53 bits per heavy atom. The van der Waals surface area contributed by atoms with Crippen molar-refractivity contribution in [1.82, 2.24) is 0 Å². The van der Waals surface area contributed by atoms with Crippen LogP contribution in [0.5, 0.6) is 0 Å². The first-order valence-corrected chi connectivity index (χ1v) is 4.33. The lowest BCUT2D eigenvalue weighted by Gasteiger charge is -2.04. The van der Waals surface area contributed by atoms with E-state index in [1.807, 2.05) is 0 Å². The molecule has 78 valence electrons. The fourth-order valence-corrected chi connectivity index (χ4v) is 1.23. The number of carbonyl (C=O) groups excluding carboxylic acids is 1. The fraction of sp³-hybridized carbons (Fsp3) is 0.0909. The van der Waals surface area contributed by atoms with Crippen LogP contribution in [0.25, 0.3) is 0 Å². The average Bonchev–Trinajstić information content (AvgIpc) is 2.26. The maximum Gasteiger partial charge on any atom is 0.150 e. The minimum absolute atomic E-state index is 0.384. The summed E-state index contributed by atoms with van der Waals surface area (Å²) in [5.41, 5.74) is 6.52. The smallest absolute Gasteiger partial charge is 0.150 e. The van der Waals surface area contributed by atoms with E-state index in [2.05, 4.69) is 4.99 Å². The topological polar surface area (TPSA) is 55.4 Å². The first-order valence-electron chi connectivity index (χ1n) is 4.33. The maximum absolute atomic E-state index is 13.0. The van der Waals surface area contributed by atoms with Gasteiger partial charge < -0.3 is 5.73 Å². The quantitative estimate of drug-likeness (QED) is 0.602. The number of hydrogen-bond acceptors (Lipinski definition) is 3. The highest BCUT2D eigenvalue weighted by Gasteiger charge is 2.07. The van der Waals surface area contributed by atoms with Crippen molar-refractivity contribution in [1.29, 1.82) is 0 Å². The molecule has 0 atom stereocenters. The monoisotopic (exact) mass is 206 g/mol. The second-order valence-electron chi connectivity index (χ2n) is 2.82. The third-order valence-corrected chi connectivity index (χ3v) is 1.91. The Labute approximate surface area is 87.1 Å². The van der Waals surface area contributed by atoms with Crippen molar-refractivity contribution >= 4 is 12.0 Å². The molecule has 3 nitrogen and oxygen atoms in total. The van der Waals surface area contributed by atoms with E-state index >= 15 is 0 Å². The summed E-state index contributed by atoms with van der Waals surface area (Å²) in [6.07, 6.45) is 3.47. The van der Waals surface area contributed by atoms with Gasteiger partial charge in [0.1, 0.15) is 5.82 Å². The summed E-state index contributed by atoms with van der Waals surface area (Å²) < 4.78 is 13.0. The van der Waals surface area contributed by atoms with Gasteiger partial charge in [0, 0.05) is 18.2 Å². The SMILES string of the molecule is CN=C(C=CN)c1cc(F)ccc1C=O. The standard InChI is InChI=1S/C11H11FN2O/c1-14-11(4-5-13)10-6-9(12)3-2-8(10)7-15/h2-7H,13H2,1H3. The molecule has 0 heterocycles. The van der Waals surface area contributed by atoms with Gasteiger partial charge in [0.2, 0.25) is 0 Å². The van der Waals surface area contributed by atoms with Gasteiger partial charge in [-0.15, -0.1) is 0 Å². The van der Waals surface area contributed by atoms with Crippen LogP contribution in [0, 0.1) is 5.82 Å². The van der Waals surface area contributed by atoms with Crippen LogP contribution >= 0.6 is 0 Å². The van der Waals surface area contributed by atoms with E-state index in [0.717, 1.165) is 0 Å². The van der Waals surface area contributed by atoms with Crippen molar-refractivity contribution in [2.75, 3.05) is 7.05 Å². The molecule has 0 aliphatic heterocycles. The number of allylic oxidation sites excluding steroid dienone is 1. The van der Waals surface area contributed by atoms with Crippen LogP contribution in [0.4, 0.5) is 4.39 Å². The molecule has 0 amide bonds. The zero-order chi connectivity index (χ0) is 11.3. The number of nitrogens with zero attached hydrogens (tertiary/aromatic N) is 1.